The van der Waals surface area contributed by atoms with E-state index in [4.69, 9.17) is 4.74 Å². The first-order chi connectivity index (χ1) is 9.31. The lowest BCUT2D eigenvalue weighted by Gasteiger charge is -2.25. The number of nitrogens with one attached hydrogen (secondary N) is 2. The summed E-state index contributed by atoms with van der Waals surface area (Å²) in [5, 5.41) is 6.55. The van der Waals surface area contributed by atoms with Crippen LogP contribution in [0.25, 0.3) is 0 Å². The summed E-state index contributed by atoms with van der Waals surface area (Å²) in [7, 11) is 0. The van der Waals surface area contributed by atoms with E-state index in [0.29, 0.717) is 18.6 Å². The van der Waals surface area contributed by atoms with Gasteiger partial charge in [-0.2, -0.15) is 0 Å². The molecule has 118 valence electrons. The lowest BCUT2D eigenvalue weighted by atomic mass is 10.1. The third kappa shape index (κ3) is 7.73. The molecule has 0 saturated heterocycles. The highest BCUT2D eigenvalue weighted by atomic mass is 16.6. The van der Waals surface area contributed by atoms with Crippen LogP contribution in [-0.2, 0) is 4.74 Å². The number of hydrogen-bond donors (Lipinski definition) is 2. The molecule has 1 aliphatic rings. The summed E-state index contributed by atoms with van der Waals surface area (Å²) in [4.78, 5) is 11.7. The van der Waals surface area contributed by atoms with Crippen LogP contribution in [0.2, 0.25) is 0 Å². The van der Waals surface area contributed by atoms with E-state index in [-0.39, 0.29) is 6.09 Å². The predicted molar refractivity (Wildman–Crippen MR) is 82.9 cm³/mol. The summed E-state index contributed by atoms with van der Waals surface area (Å²) >= 11 is 0. The summed E-state index contributed by atoms with van der Waals surface area (Å²) in [6, 6.07) is 0.898. The highest BCUT2D eigenvalue weighted by Gasteiger charge is 2.29. The second-order valence-electron chi connectivity index (χ2n) is 7.01. The average Bonchev–Trinajstić information content (AvgIpc) is 3.14. The zero-order chi connectivity index (χ0) is 15.2. The average molecular weight is 284 g/mol. The molecule has 0 aromatic heterocycles. The van der Waals surface area contributed by atoms with Crippen molar-refractivity contribution in [2.75, 3.05) is 6.54 Å². The van der Waals surface area contributed by atoms with Crippen molar-refractivity contribution in [3.8, 4) is 0 Å². The Kier molecular flexibility index (Phi) is 6.80. The van der Waals surface area contributed by atoms with Gasteiger partial charge in [-0.15, -0.1) is 0 Å². The Labute approximate surface area is 124 Å². The number of amides is 1. The fourth-order valence-electron chi connectivity index (χ4n) is 2.32. The van der Waals surface area contributed by atoms with Crippen LogP contribution in [-0.4, -0.2) is 30.3 Å². The van der Waals surface area contributed by atoms with Gasteiger partial charge >= 0.3 is 6.09 Å². The Morgan fingerprint density at radius 2 is 2.00 bits per heavy atom. The van der Waals surface area contributed by atoms with Gasteiger partial charge in [-0.05, 0) is 52.9 Å². The van der Waals surface area contributed by atoms with Crippen molar-refractivity contribution in [2.24, 2.45) is 5.92 Å². The molecule has 20 heavy (non-hydrogen) atoms. The van der Waals surface area contributed by atoms with Gasteiger partial charge in [-0.3, -0.25) is 0 Å². The maximum atomic E-state index is 11.7. The van der Waals surface area contributed by atoms with Crippen molar-refractivity contribution in [2.45, 2.75) is 84.4 Å². The van der Waals surface area contributed by atoms with Gasteiger partial charge in [-0.25, -0.2) is 4.79 Å². The second kappa shape index (κ2) is 7.87. The summed E-state index contributed by atoms with van der Waals surface area (Å²) in [6.45, 7) is 10.7. The molecule has 0 aromatic rings. The van der Waals surface area contributed by atoms with Crippen LogP contribution in [0.15, 0.2) is 0 Å². The van der Waals surface area contributed by atoms with E-state index >= 15 is 0 Å². The van der Waals surface area contributed by atoms with Crippen molar-refractivity contribution >= 4 is 6.09 Å². The van der Waals surface area contributed by atoms with Crippen molar-refractivity contribution in [1.82, 2.24) is 10.6 Å². The van der Waals surface area contributed by atoms with Crippen LogP contribution in [0.1, 0.15) is 66.7 Å². The molecule has 2 N–H and O–H groups in total. The maximum Gasteiger partial charge on any atom is 0.407 e. The van der Waals surface area contributed by atoms with E-state index in [9.17, 15) is 4.79 Å². The molecule has 1 fully saturated rings. The third-order valence-corrected chi connectivity index (χ3v) is 3.63. The summed E-state index contributed by atoms with van der Waals surface area (Å²) in [5.41, 5.74) is -0.433. The number of ether oxygens (including phenoxy) is 1. The van der Waals surface area contributed by atoms with Gasteiger partial charge in [0.25, 0.3) is 0 Å². The monoisotopic (exact) mass is 284 g/mol. The highest BCUT2D eigenvalue weighted by Crippen LogP contribution is 2.32. The van der Waals surface area contributed by atoms with Gasteiger partial charge in [-0.1, -0.05) is 19.8 Å². The molecule has 1 aliphatic carbocycles. The molecule has 2 atom stereocenters. The number of carbonyl (C=O) groups is 1. The first-order valence-corrected chi connectivity index (χ1v) is 8.04. The Hall–Kier alpha value is -0.770. The number of hydrogen-bond acceptors (Lipinski definition) is 3. The molecule has 2 unspecified atom stereocenters. The lowest BCUT2D eigenvalue weighted by Crippen LogP contribution is -2.46. The summed E-state index contributed by atoms with van der Waals surface area (Å²) in [6.07, 6.45) is 5.83. The van der Waals surface area contributed by atoms with Gasteiger partial charge in [0, 0.05) is 18.6 Å². The molecular weight excluding hydrogens is 252 g/mol. The van der Waals surface area contributed by atoms with Crippen LogP contribution < -0.4 is 10.6 Å². The van der Waals surface area contributed by atoms with E-state index in [1.807, 2.05) is 20.8 Å². The van der Waals surface area contributed by atoms with Crippen molar-refractivity contribution in [3.05, 3.63) is 0 Å². The normalized spacial score (nSPS) is 18.4. The minimum Gasteiger partial charge on any atom is -0.444 e. The standard InChI is InChI=1S/C16H32N2O2/c1-6-7-8-14(18-12(2)13-9-10-13)11-17-15(19)20-16(3,4)5/h12-14,18H,6-11H2,1-5H3,(H,17,19). The van der Waals surface area contributed by atoms with E-state index < -0.39 is 5.60 Å². The molecule has 0 bridgehead atoms. The molecule has 0 spiro atoms. The Balaban J connectivity index is 2.33. The fraction of sp³-hybridized carbons (Fsp3) is 0.938. The van der Waals surface area contributed by atoms with Crippen LogP contribution in [0.4, 0.5) is 4.79 Å². The van der Waals surface area contributed by atoms with Gasteiger partial charge in [0.05, 0.1) is 0 Å². The minimum absolute atomic E-state index is 0.320. The van der Waals surface area contributed by atoms with Crippen LogP contribution in [0.3, 0.4) is 0 Å². The topological polar surface area (TPSA) is 50.4 Å². The third-order valence-electron chi connectivity index (χ3n) is 3.63. The van der Waals surface area contributed by atoms with Gasteiger partial charge in [0.1, 0.15) is 5.60 Å². The Morgan fingerprint density at radius 1 is 1.35 bits per heavy atom. The van der Waals surface area contributed by atoms with Gasteiger partial charge in [0.15, 0.2) is 0 Å². The van der Waals surface area contributed by atoms with E-state index in [0.717, 1.165) is 12.3 Å². The van der Waals surface area contributed by atoms with E-state index in [1.165, 1.54) is 25.7 Å². The Bertz CT molecular complexity index is 295. The minimum atomic E-state index is -0.433. The van der Waals surface area contributed by atoms with Crippen molar-refractivity contribution in [1.29, 1.82) is 0 Å². The Morgan fingerprint density at radius 3 is 2.50 bits per heavy atom. The molecule has 0 aromatic carbocycles. The second-order valence-corrected chi connectivity index (χ2v) is 7.01. The lowest BCUT2D eigenvalue weighted by molar-refractivity contribution is 0.0520. The van der Waals surface area contributed by atoms with Crippen LogP contribution >= 0.6 is 0 Å². The molecule has 1 rings (SSSR count). The number of carbonyl (C=O) groups excluding carboxylic acids is 1. The quantitative estimate of drug-likeness (QED) is 0.717. The highest BCUT2D eigenvalue weighted by molar-refractivity contribution is 5.67. The zero-order valence-corrected chi connectivity index (χ0v) is 13.8. The molecule has 0 radical (unpaired) electrons. The fourth-order valence-corrected chi connectivity index (χ4v) is 2.32. The van der Waals surface area contributed by atoms with Crippen molar-refractivity contribution in [3.63, 3.8) is 0 Å². The molecule has 0 heterocycles. The van der Waals surface area contributed by atoms with Crippen LogP contribution in [0, 0.1) is 5.92 Å². The molecule has 4 heteroatoms. The smallest absolute Gasteiger partial charge is 0.407 e. The largest absolute Gasteiger partial charge is 0.444 e. The summed E-state index contributed by atoms with van der Waals surface area (Å²) in [5.74, 6) is 0.834. The SMILES string of the molecule is CCCCC(CNC(=O)OC(C)(C)C)NC(C)C1CC1. The van der Waals surface area contributed by atoms with E-state index in [1.54, 1.807) is 0 Å². The molecule has 4 nitrogen and oxygen atoms in total. The number of unbranched alkanes of at least 4 members (excludes halogenated alkanes) is 1. The van der Waals surface area contributed by atoms with Crippen LogP contribution in [0.5, 0.6) is 0 Å². The van der Waals surface area contributed by atoms with Crippen molar-refractivity contribution < 1.29 is 9.53 Å². The number of alkyl carbamates (subject to hydrolysis) is 1. The van der Waals surface area contributed by atoms with Gasteiger partial charge < -0.3 is 15.4 Å². The predicted octanol–water partition coefficient (Wildman–Crippen LogP) is 3.46. The molecule has 1 saturated carbocycles. The number of rotatable bonds is 8. The van der Waals surface area contributed by atoms with Gasteiger partial charge in [0.2, 0.25) is 0 Å². The summed E-state index contributed by atoms with van der Waals surface area (Å²) < 4.78 is 5.28. The molecule has 0 aliphatic heterocycles. The zero-order valence-electron chi connectivity index (χ0n) is 13.8. The molecular formula is C16H32N2O2. The molecule has 1 amide bonds. The maximum absolute atomic E-state index is 11.7. The van der Waals surface area contributed by atoms with E-state index in [2.05, 4.69) is 24.5 Å². The first-order valence-electron chi connectivity index (χ1n) is 8.04. The first kappa shape index (κ1) is 17.3.